The first-order valence-electron chi connectivity index (χ1n) is 7.21. The summed E-state index contributed by atoms with van der Waals surface area (Å²) in [6.07, 6.45) is 1.20. The van der Waals surface area contributed by atoms with Crippen LogP contribution in [0.4, 0.5) is 0 Å². The number of nitrogens with two attached hydrogens (primary N) is 1. The minimum absolute atomic E-state index is 0.441. The molecular formula is C16H26N2O. The lowest BCUT2D eigenvalue weighted by atomic mass is 9.90. The van der Waals surface area contributed by atoms with Crippen LogP contribution in [0.5, 0.6) is 0 Å². The number of hydrogen-bond donors (Lipinski definition) is 1. The molecule has 0 radical (unpaired) electrons. The molecule has 0 amide bonds. The summed E-state index contributed by atoms with van der Waals surface area (Å²) in [6.45, 7) is 7.12. The summed E-state index contributed by atoms with van der Waals surface area (Å²) in [4.78, 5) is 2.58. The second-order valence-corrected chi connectivity index (χ2v) is 5.69. The quantitative estimate of drug-likeness (QED) is 0.886. The Morgan fingerprint density at radius 1 is 1.37 bits per heavy atom. The van der Waals surface area contributed by atoms with Crippen LogP contribution in [0.2, 0.25) is 0 Å². The van der Waals surface area contributed by atoms with Gasteiger partial charge in [0.2, 0.25) is 0 Å². The van der Waals surface area contributed by atoms with Crippen molar-refractivity contribution >= 4 is 0 Å². The average molecular weight is 262 g/mol. The fourth-order valence-electron chi connectivity index (χ4n) is 3.25. The van der Waals surface area contributed by atoms with Crippen molar-refractivity contribution in [3.05, 3.63) is 35.4 Å². The zero-order valence-electron chi connectivity index (χ0n) is 12.3. The molecule has 1 heterocycles. The van der Waals surface area contributed by atoms with Gasteiger partial charge in [0.05, 0.1) is 6.61 Å². The van der Waals surface area contributed by atoms with Gasteiger partial charge in [-0.3, -0.25) is 4.90 Å². The van der Waals surface area contributed by atoms with Crippen LogP contribution in [0.15, 0.2) is 24.3 Å². The molecule has 106 valence electrons. The lowest BCUT2D eigenvalue weighted by Crippen LogP contribution is -2.34. The fraction of sp³-hybridized carbons (Fsp3) is 0.625. The molecule has 0 spiro atoms. The van der Waals surface area contributed by atoms with Gasteiger partial charge in [0.25, 0.3) is 0 Å². The number of benzene rings is 1. The third kappa shape index (κ3) is 2.99. The first kappa shape index (κ1) is 14.5. The van der Waals surface area contributed by atoms with Crippen LogP contribution in [-0.2, 0) is 11.3 Å². The summed E-state index contributed by atoms with van der Waals surface area (Å²) in [5, 5.41) is 0. The molecule has 3 heteroatoms. The number of likely N-dealkylation sites (tertiary alicyclic amines) is 1. The summed E-state index contributed by atoms with van der Waals surface area (Å²) in [5.74, 6) is 0.556. The summed E-state index contributed by atoms with van der Waals surface area (Å²) < 4.78 is 5.34. The Labute approximate surface area is 116 Å². The van der Waals surface area contributed by atoms with Gasteiger partial charge in [-0.25, -0.2) is 0 Å². The first-order chi connectivity index (χ1) is 9.19. The van der Waals surface area contributed by atoms with Gasteiger partial charge in [-0.2, -0.15) is 0 Å². The summed E-state index contributed by atoms with van der Waals surface area (Å²) in [7, 11) is 1.76. The van der Waals surface area contributed by atoms with Crippen molar-refractivity contribution in [2.45, 2.75) is 39.0 Å². The van der Waals surface area contributed by atoms with E-state index in [1.807, 2.05) is 0 Å². The van der Waals surface area contributed by atoms with Crippen molar-refractivity contribution in [1.82, 2.24) is 4.90 Å². The lowest BCUT2D eigenvalue weighted by Gasteiger charge is -2.32. The second-order valence-electron chi connectivity index (χ2n) is 5.69. The zero-order chi connectivity index (χ0) is 13.8. The van der Waals surface area contributed by atoms with Crippen LogP contribution < -0.4 is 5.73 Å². The Morgan fingerprint density at radius 2 is 2.11 bits per heavy atom. The molecule has 1 fully saturated rings. The van der Waals surface area contributed by atoms with E-state index in [-0.39, 0.29) is 0 Å². The molecule has 2 atom stereocenters. The number of rotatable bonds is 5. The number of nitrogens with zero attached hydrogens (tertiary/aromatic N) is 1. The van der Waals surface area contributed by atoms with Crippen molar-refractivity contribution in [3.63, 3.8) is 0 Å². The predicted molar refractivity (Wildman–Crippen MR) is 78.9 cm³/mol. The third-order valence-electron chi connectivity index (χ3n) is 4.20. The Balaban J connectivity index is 2.35. The highest BCUT2D eigenvalue weighted by Crippen LogP contribution is 2.39. The Morgan fingerprint density at radius 3 is 2.74 bits per heavy atom. The van der Waals surface area contributed by atoms with Crippen LogP contribution in [0.1, 0.15) is 37.4 Å². The molecule has 1 aromatic carbocycles. The van der Waals surface area contributed by atoms with Gasteiger partial charge in [-0.15, -0.1) is 0 Å². The molecule has 2 N–H and O–H groups in total. The van der Waals surface area contributed by atoms with Gasteiger partial charge < -0.3 is 10.5 Å². The molecule has 1 aliphatic heterocycles. The van der Waals surface area contributed by atoms with E-state index < -0.39 is 0 Å². The minimum atomic E-state index is 0.441. The number of hydrogen-bond acceptors (Lipinski definition) is 3. The fourth-order valence-corrected chi connectivity index (χ4v) is 3.25. The van der Waals surface area contributed by atoms with Crippen LogP contribution in [-0.4, -0.2) is 31.1 Å². The monoisotopic (exact) mass is 262 g/mol. The van der Waals surface area contributed by atoms with Crippen molar-refractivity contribution in [2.75, 3.05) is 20.2 Å². The normalized spacial score (nSPS) is 24.3. The van der Waals surface area contributed by atoms with Crippen LogP contribution in [0.3, 0.4) is 0 Å². The van der Waals surface area contributed by atoms with Gasteiger partial charge in [0, 0.05) is 19.2 Å². The van der Waals surface area contributed by atoms with Crippen molar-refractivity contribution in [3.8, 4) is 0 Å². The van der Waals surface area contributed by atoms with E-state index in [9.17, 15) is 0 Å². The van der Waals surface area contributed by atoms with E-state index >= 15 is 0 Å². The van der Waals surface area contributed by atoms with Gasteiger partial charge in [0.15, 0.2) is 0 Å². The molecular weight excluding hydrogens is 236 g/mol. The summed E-state index contributed by atoms with van der Waals surface area (Å²) in [6, 6.07) is 9.61. The van der Waals surface area contributed by atoms with Crippen LogP contribution >= 0.6 is 0 Å². The topological polar surface area (TPSA) is 38.5 Å². The first-order valence-corrected chi connectivity index (χ1v) is 7.21. The number of ether oxygens (including phenoxy) is 1. The molecule has 0 saturated carbocycles. The molecule has 2 rings (SSSR count). The summed E-state index contributed by atoms with van der Waals surface area (Å²) >= 11 is 0. The highest BCUT2D eigenvalue weighted by molar-refractivity contribution is 5.31. The molecule has 0 aliphatic carbocycles. The molecule has 1 saturated heterocycles. The Bertz CT molecular complexity index is 405. The van der Waals surface area contributed by atoms with E-state index in [2.05, 4.69) is 43.0 Å². The molecule has 0 bridgehead atoms. The third-order valence-corrected chi connectivity index (χ3v) is 4.20. The Hall–Kier alpha value is -0.900. The molecule has 1 aromatic rings. The maximum Gasteiger partial charge on any atom is 0.0716 e. The van der Waals surface area contributed by atoms with E-state index in [1.54, 1.807) is 7.11 Å². The Kier molecular flexibility index (Phi) is 4.97. The maximum atomic E-state index is 5.99. The molecule has 1 aliphatic rings. The second kappa shape index (κ2) is 6.51. The van der Waals surface area contributed by atoms with E-state index in [1.165, 1.54) is 17.5 Å². The highest BCUT2D eigenvalue weighted by Gasteiger charge is 2.36. The van der Waals surface area contributed by atoms with Crippen molar-refractivity contribution < 1.29 is 4.74 Å². The van der Waals surface area contributed by atoms with Crippen molar-refractivity contribution in [2.24, 2.45) is 11.7 Å². The maximum absolute atomic E-state index is 5.99. The van der Waals surface area contributed by atoms with Crippen molar-refractivity contribution in [1.29, 1.82) is 0 Å². The molecule has 3 nitrogen and oxygen atoms in total. The highest BCUT2D eigenvalue weighted by atomic mass is 16.5. The molecule has 19 heavy (non-hydrogen) atoms. The summed E-state index contributed by atoms with van der Waals surface area (Å²) in [5.41, 5.74) is 8.68. The van der Waals surface area contributed by atoms with Crippen LogP contribution in [0.25, 0.3) is 0 Å². The lowest BCUT2D eigenvalue weighted by molar-refractivity contribution is 0.167. The van der Waals surface area contributed by atoms with E-state index in [0.717, 1.165) is 13.1 Å². The van der Waals surface area contributed by atoms with Gasteiger partial charge in [-0.05, 0) is 50.4 Å². The van der Waals surface area contributed by atoms with E-state index in [0.29, 0.717) is 24.6 Å². The smallest absolute Gasteiger partial charge is 0.0716 e. The number of methoxy groups -OCH3 is 1. The van der Waals surface area contributed by atoms with Crippen LogP contribution in [0, 0.1) is 5.92 Å². The zero-order valence-corrected chi connectivity index (χ0v) is 12.3. The van der Waals surface area contributed by atoms with Gasteiger partial charge in [0.1, 0.15) is 0 Å². The standard InChI is InChI=1S/C16H26N2O/c1-12(2)18-9-8-13(10-17)16(18)15-7-5-4-6-14(15)11-19-3/h4-7,12-13,16H,8-11,17H2,1-3H3. The van der Waals surface area contributed by atoms with Gasteiger partial charge in [-0.1, -0.05) is 24.3 Å². The SMILES string of the molecule is COCc1ccccc1C1C(CN)CCN1C(C)C. The predicted octanol–water partition coefficient (Wildman–Crippen LogP) is 2.56. The largest absolute Gasteiger partial charge is 0.380 e. The van der Waals surface area contributed by atoms with Gasteiger partial charge >= 0.3 is 0 Å². The van der Waals surface area contributed by atoms with E-state index in [4.69, 9.17) is 10.5 Å². The average Bonchev–Trinajstić information content (AvgIpc) is 2.83. The molecule has 2 unspecified atom stereocenters. The molecule has 0 aromatic heterocycles. The minimum Gasteiger partial charge on any atom is -0.380 e.